The summed E-state index contributed by atoms with van der Waals surface area (Å²) in [4.78, 5) is 21.3. The molecule has 0 saturated carbocycles. The van der Waals surface area contributed by atoms with E-state index in [1.54, 1.807) is 11.3 Å². The third-order valence-electron chi connectivity index (χ3n) is 2.37. The van der Waals surface area contributed by atoms with Crippen molar-refractivity contribution in [3.8, 4) is 0 Å². The summed E-state index contributed by atoms with van der Waals surface area (Å²) in [5.41, 5.74) is 0. The summed E-state index contributed by atoms with van der Waals surface area (Å²) >= 11 is 7.04. The minimum atomic E-state index is 0.113. The first-order chi connectivity index (χ1) is 7.79. The summed E-state index contributed by atoms with van der Waals surface area (Å²) in [6, 6.07) is 0. The third kappa shape index (κ3) is 2.84. The number of hydrogen-bond acceptors (Lipinski definition) is 5. The van der Waals surface area contributed by atoms with Crippen LogP contribution in [0.1, 0.15) is 11.3 Å². The van der Waals surface area contributed by atoms with Crippen LogP contribution in [-0.4, -0.2) is 30.5 Å². The monoisotopic (exact) mass is 260 g/mol. The predicted molar refractivity (Wildman–Crippen MR) is 64.6 cm³/mol. The molecule has 2 rings (SSSR count). The standard InChI is InChI=1S/C9H13ClN4OS/c10-13-6-7-5-12-9(16-7)14-3-1-8(15)11-2-4-14/h5,13H,1-4,6H2,(H,11,15). The number of nitrogens with zero attached hydrogens (tertiary/aromatic N) is 2. The number of thiazole rings is 1. The zero-order valence-electron chi connectivity index (χ0n) is 8.70. The zero-order chi connectivity index (χ0) is 11.4. The molecule has 1 aromatic rings. The third-order valence-corrected chi connectivity index (χ3v) is 3.56. The van der Waals surface area contributed by atoms with Gasteiger partial charge in [0.05, 0.1) is 0 Å². The lowest BCUT2D eigenvalue weighted by Crippen LogP contribution is -2.28. The molecule has 0 atom stereocenters. The van der Waals surface area contributed by atoms with E-state index in [1.807, 2.05) is 6.20 Å². The van der Waals surface area contributed by atoms with Crippen LogP contribution in [0.2, 0.25) is 0 Å². The average molecular weight is 261 g/mol. The zero-order valence-corrected chi connectivity index (χ0v) is 10.3. The topological polar surface area (TPSA) is 57.3 Å². The maximum atomic E-state index is 11.2. The Morgan fingerprint density at radius 2 is 2.50 bits per heavy atom. The summed E-state index contributed by atoms with van der Waals surface area (Å²) in [7, 11) is 0. The Balaban J connectivity index is 2.01. The Bertz CT molecular complexity index is 370. The molecule has 1 aromatic heterocycles. The molecule has 16 heavy (non-hydrogen) atoms. The van der Waals surface area contributed by atoms with E-state index in [9.17, 15) is 4.79 Å². The molecular weight excluding hydrogens is 248 g/mol. The average Bonchev–Trinajstić information content (AvgIpc) is 2.62. The molecule has 1 aliphatic heterocycles. The van der Waals surface area contributed by atoms with Crippen molar-refractivity contribution in [2.24, 2.45) is 0 Å². The minimum Gasteiger partial charge on any atom is -0.354 e. The quantitative estimate of drug-likeness (QED) is 0.786. The molecule has 0 radical (unpaired) electrons. The summed E-state index contributed by atoms with van der Waals surface area (Å²) < 4.78 is 0. The van der Waals surface area contributed by atoms with E-state index in [4.69, 9.17) is 11.8 Å². The molecule has 0 aromatic carbocycles. The number of carbonyl (C=O) groups excluding carboxylic acids is 1. The molecule has 0 spiro atoms. The highest BCUT2D eigenvalue weighted by Crippen LogP contribution is 2.22. The Kier molecular flexibility index (Phi) is 3.98. The molecule has 7 heteroatoms. The summed E-state index contributed by atoms with van der Waals surface area (Å²) in [6.07, 6.45) is 2.35. The van der Waals surface area contributed by atoms with E-state index < -0.39 is 0 Å². The molecular formula is C9H13ClN4OS. The van der Waals surface area contributed by atoms with Gasteiger partial charge in [-0.2, -0.15) is 0 Å². The van der Waals surface area contributed by atoms with Crippen LogP contribution in [0.3, 0.4) is 0 Å². The van der Waals surface area contributed by atoms with Crippen molar-refractivity contribution in [2.45, 2.75) is 13.0 Å². The number of rotatable bonds is 3. The van der Waals surface area contributed by atoms with Crippen LogP contribution < -0.4 is 15.1 Å². The number of anilines is 1. The van der Waals surface area contributed by atoms with Gasteiger partial charge in [-0.15, -0.1) is 11.3 Å². The van der Waals surface area contributed by atoms with Crippen molar-refractivity contribution in [1.29, 1.82) is 0 Å². The largest absolute Gasteiger partial charge is 0.354 e. The van der Waals surface area contributed by atoms with Gasteiger partial charge in [0.2, 0.25) is 5.91 Å². The van der Waals surface area contributed by atoms with Crippen molar-refractivity contribution in [2.75, 3.05) is 24.5 Å². The summed E-state index contributed by atoms with van der Waals surface area (Å²) in [6.45, 7) is 2.84. The first-order valence-corrected chi connectivity index (χ1v) is 6.29. The maximum absolute atomic E-state index is 11.2. The molecule has 1 aliphatic rings. The lowest BCUT2D eigenvalue weighted by molar-refractivity contribution is -0.120. The SMILES string of the molecule is O=C1CCN(c2ncc(CNCl)s2)CCN1. The van der Waals surface area contributed by atoms with Gasteiger partial charge in [-0.1, -0.05) is 0 Å². The molecule has 88 valence electrons. The smallest absolute Gasteiger partial charge is 0.221 e. The lowest BCUT2D eigenvalue weighted by Gasteiger charge is -2.17. The fraction of sp³-hybridized carbons (Fsp3) is 0.556. The first-order valence-electron chi connectivity index (χ1n) is 5.09. The van der Waals surface area contributed by atoms with Crippen LogP contribution in [0.15, 0.2) is 6.20 Å². The van der Waals surface area contributed by atoms with Crippen molar-refractivity contribution in [3.05, 3.63) is 11.1 Å². The van der Waals surface area contributed by atoms with Crippen LogP contribution in [0, 0.1) is 0 Å². The maximum Gasteiger partial charge on any atom is 0.221 e. The van der Waals surface area contributed by atoms with E-state index in [0.717, 1.165) is 23.1 Å². The number of nitrogens with one attached hydrogen (secondary N) is 2. The van der Waals surface area contributed by atoms with Gasteiger partial charge in [0.15, 0.2) is 5.13 Å². The number of amides is 1. The second kappa shape index (κ2) is 5.47. The Morgan fingerprint density at radius 3 is 3.31 bits per heavy atom. The van der Waals surface area contributed by atoms with Crippen molar-refractivity contribution in [1.82, 2.24) is 15.1 Å². The number of carbonyl (C=O) groups is 1. The molecule has 0 bridgehead atoms. The highest BCUT2D eigenvalue weighted by Gasteiger charge is 2.16. The van der Waals surface area contributed by atoms with Gasteiger partial charge in [-0.05, 0) is 11.8 Å². The second-order valence-electron chi connectivity index (χ2n) is 3.51. The van der Waals surface area contributed by atoms with Gasteiger partial charge in [0, 0.05) is 43.7 Å². The van der Waals surface area contributed by atoms with Crippen LogP contribution in [0.5, 0.6) is 0 Å². The van der Waals surface area contributed by atoms with Gasteiger partial charge in [0.1, 0.15) is 0 Å². The van der Waals surface area contributed by atoms with Gasteiger partial charge >= 0.3 is 0 Å². The second-order valence-corrected chi connectivity index (χ2v) is 4.87. The van der Waals surface area contributed by atoms with Crippen molar-refractivity contribution in [3.63, 3.8) is 0 Å². The van der Waals surface area contributed by atoms with Crippen LogP contribution >= 0.6 is 23.1 Å². The van der Waals surface area contributed by atoms with Crippen molar-refractivity contribution >= 4 is 34.2 Å². The molecule has 2 N–H and O–H groups in total. The van der Waals surface area contributed by atoms with Crippen LogP contribution in [0.25, 0.3) is 0 Å². The minimum absolute atomic E-state index is 0.113. The number of aromatic nitrogens is 1. The van der Waals surface area contributed by atoms with E-state index in [0.29, 0.717) is 19.5 Å². The summed E-state index contributed by atoms with van der Waals surface area (Å²) in [5, 5.41) is 3.80. The molecule has 1 saturated heterocycles. The van der Waals surface area contributed by atoms with Gasteiger partial charge in [-0.25, -0.2) is 9.82 Å². The number of hydrogen-bond donors (Lipinski definition) is 2. The van der Waals surface area contributed by atoms with Gasteiger partial charge in [0.25, 0.3) is 0 Å². The van der Waals surface area contributed by atoms with E-state index in [-0.39, 0.29) is 5.91 Å². The fourth-order valence-corrected chi connectivity index (χ4v) is 2.67. The molecule has 2 heterocycles. The normalized spacial score (nSPS) is 17.1. The molecule has 0 aliphatic carbocycles. The van der Waals surface area contributed by atoms with Gasteiger partial charge in [-0.3, -0.25) is 4.79 Å². The Hall–Kier alpha value is -0.850. The molecule has 1 amide bonds. The molecule has 0 unspecified atom stereocenters. The summed E-state index contributed by atoms with van der Waals surface area (Å²) in [5.74, 6) is 0.113. The van der Waals surface area contributed by atoms with E-state index in [1.165, 1.54) is 0 Å². The predicted octanol–water partition coefficient (Wildman–Crippen LogP) is 0.713. The van der Waals surface area contributed by atoms with Crippen LogP contribution in [0.4, 0.5) is 5.13 Å². The molecule has 1 fully saturated rings. The Labute approximate surface area is 103 Å². The number of halogens is 1. The fourth-order valence-electron chi connectivity index (χ4n) is 1.55. The Morgan fingerprint density at radius 1 is 1.62 bits per heavy atom. The van der Waals surface area contributed by atoms with E-state index in [2.05, 4.69) is 20.0 Å². The first kappa shape index (κ1) is 11.6. The van der Waals surface area contributed by atoms with Gasteiger partial charge < -0.3 is 10.2 Å². The van der Waals surface area contributed by atoms with Crippen LogP contribution in [-0.2, 0) is 11.3 Å². The highest BCUT2D eigenvalue weighted by molar-refractivity contribution is 7.15. The highest BCUT2D eigenvalue weighted by atomic mass is 35.5. The molecule has 5 nitrogen and oxygen atoms in total. The van der Waals surface area contributed by atoms with E-state index >= 15 is 0 Å². The lowest BCUT2D eigenvalue weighted by atomic mass is 10.4. The van der Waals surface area contributed by atoms with Crippen molar-refractivity contribution < 1.29 is 4.79 Å².